The van der Waals surface area contributed by atoms with Crippen LogP contribution in [0, 0.1) is 6.92 Å². The first-order valence-corrected chi connectivity index (χ1v) is 6.69. The second-order valence-corrected chi connectivity index (χ2v) is 5.37. The zero-order valence-electron chi connectivity index (χ0n) is 11.3. The first-order valence-electron chi connectivity index (χ1n) is 6.31. The maximum Gasteiger partial charge on any atom is 0.138 e. The Balaban J connectivity index is 2.21. The highest BCUT2D eigenvalue weighted by atomic mass is 35.5. The van der Waals surface area contributed by atoms with E-state index in [4.69, 9.17) is 11.6 Å². The first-order chi connectivity index (χ1) is 8.99. The third-order valence-electron chi connectivity index (χ3n) is 3.10. The van der Waals surface area contributed by atoms with Crippen molar-refractivity contribution in [2.75, 3.05) is 0 Å². The summed E-state index contributed by atoms with van der Waals surface area (Å²) in [6.45, 7) is 6.02. The molecule has 5 heteroatoms. The van der Waals surface area contributed by atoms with Crippen molar-refractivity contribution >= 4 is 11.6 Å². The predicted molar refractivity (Wildman–Crippen MR) is 75.3 cm³/mol. The fourth-order valence-electron chi connectivity index (χ4n) is 2.15. The summed E-state index contributed by atoms with van der Waals surface area (Å²) in [5.74, 6) is 0.789. The van der Waals surface area contributed by atoms with Crippen LogP contribution < -0.4 is 0 Å². The Hall–Kier alpha value is -1.39. The summed E-state index contributed by atoms with van der Waals surface area (Å²) in [6, 6.07) is 5.74. The third-order valence-corrected chi connectivity index (χ3v) is 3.34. The van der Waals surface area contributed by atoms with E-state index in [9.17, 15) is 5.11 Å². The van der Waals surface area contributed by atoms with Gasteiger partial charge in [0.2, 0.25) is 0 Å². The zero-order chi connectivity index (χ0) is 14.0. The van der Waals surface area contributed by atoms with Crippen molar-refractivity contribution in [3.8, 4) is 0 Å². The third kappa shape index (κ3) is 3.14. The Morgan fingerprint density at radius 2 is 2.11 bits per heavy atom. The number of hydrogen-bond donors (Lipinski definition) is 1. The molecule has 19 heavy (non-hydrogen) atoms. The van der Waals surface area contributed by atoms with Gasteiger partial charge >= 0.3 is 0 Å². The lowest BCUT2D eigenvalue weighted by molar-refractivity contribution is 0.172. The van der Waals surface area contributed by atoms with E-state index in [0.717, 1.165) is 17.0 Å². The van der Waals surface area contributed by atoms with Gasteiger partial charge in [-0.05, 0) is 44.0 Å². The minimum absolute atomic E-state index is 0.232. The molecule has 2 rings (SSSR count). The van der Waals surface area contributed by atoms with E-state index < -0.39 is 6.10 Å². The van der Waals surface area contributed by atoms with Crippen molar-refractivity contribution in [2.45, 2.75) is 39.3 Å². The van der Waals surface area contributed by atoms with Crippen LogP contribution in [0.2, 0.25) is 5.02 Å². The molecule has 102 valence electrons. The molecule has 0 aliphatic rings. The number of benzene rings is 1. The van der Waals surface area contributed by atoms with E-state index in [1.807, 2.05) is 37.6 Å². The van der Waals surface area contributed by atoms with E-state index in [0.29, 0.717) is 11.4 Å². The van der Waals surface area contributed by atoms with E-state index in [-0.39, 0.29) is 6.04 Å². The molecule has 1 N–H and O–H groups in total. The van der Waals surface area contributed by atoms with Crippen LogP contribution in [0.25, 0.3) is 0 Å². The Labute approximate surface area is 118 Å². The molecule has 1 atom stereocenters. The average molecular weight is 280 g/mol. The van der Waals surface area contributed by atoms with Crippen molar-refractivity contribution in [3.63, 3.8) is 0 Å². The van der Waals surface area contributed by atoms with E-state index >= 15 is 0 Å². The SMILES string of the molecule is Cc1cc(Cl)ccc1C(O)Cc1ncnn1C(C)C. The summed E-state index contributed by atoms with van der Waals surface area (Å²) in [5, 5.41) is 15.2. The quantitative estimate of drug-likeness (QED) is 0.936. The highest BCUT2D eigenvalue weighted by Crippen LogP contribution is 2.24. The number of aromatic nitrogens is 3. The molecular formula is C14H18ClN3O. The van der Waals surface area contributed by atoms with Crippen molar-refractivity contribution in [3.05, 3.63) is 46.5 Å². The predicted octanol–water partition coefficient (Wildman–Crippen LogP) is 3.10. The van der Waals surface area contributed by atoms with Crippen molar-refractivity contribution in [1.29, 1.82) is 0 Å². The molecule has 1 heterocycles. The molecule has 0 aliphatic carbocycles. The molecule has 0 aliphatic heterocycles. The topological polar surface area (TPSA) is 50.9 Å². The standard InChI is InChI=1S/C14H18ClN3O/c1-9(2)18-14(16-8-17-18)7-13(19)12-5-4-11(15)6-10(12)3/h4-6,8-9,13,19H,7H2,1-3H3. The number of nitrogens with zero attached hydrogens (tertiary/aromatic N) is 3. The second-order valence-electron chi connectivity index (χ2n) is 4.94. The molecule has 0 spiro atoms. The van der Waals surface area contributed by atoms with Gasteiger partial charge in [-0.2, -0.15) is 5.10 Å². The Bertz CT molecular complexity index is 566. The summed E-state index contributed by atoms with van der Waals surface area (Å²) in [4.78, 5) is 4.22. The lowest BCUT2D eigenvalue weighted by Crippen LogP contribution is -2.12. The van der Waals surface area contributed by atoms with E-state index in [2.05, 4.69) is 10.1 Å². The average Bonchev–Trinajstić information content (AvgIpc) is 2.76. The largest absolute Gasteiger partial charge is 0.388 e. The van der Waals surface area contributed by atoms with Crippen molar-refractivity contribution < 1.29 is 5.11 Å². The molecule has 0 saturated heterocycles. The van der Waals surface area contributed by atoms with Crippen LogP contribution in [-0.2, 0) is 6.42 Å². The molecule has 4 nitrogen and oxygen atoms in total. The van der Waals surface area contributed by atoms with Gasteiger partial charge in [0, 0.05) is 17.5 Å². The lowest BCUT2D eigenvalue weighted by atomic mass is 10.0. The fourth-order valence-corrected chi connectivity index (χ4v) is 2.37. The van der Waals surface area contributed by atoms with Gasteiger partial charge in [0.05, 0.1) is 6.10 Å². The van der Waals surface area contributed by atoms with Crippen LogP contribution >= 0.6 is 11.6 Å². The smallest absolute Gasteiger partial charge is 0.138 e. The molecule has 0 fully saturated rings. The van der Waals surface area contributed by atoms with Gasteiger partial charge in [0.25, 0.3) is 0 Å². The van der Waals surface area contributed by atoms with Gasteiger partial charge in [-0.15, -0.1) is 0 Å². The monoisotopic (exact) mass is 279 g/mol. The van der Waals surface area contributed by atoms with Gasteiger partial charge in [0.1, 0.15) is 12.2 Å². The molecule has 1 unspecified atom stereocenters. The molecule has 0 radical (unpaired) electrons. The van der Waals surface area contributed by atoms with Crippen LogP contribution in [0.15, 0.2) is 24.5 Å². The van der Waals surface area contributed by atoms with E-state index in [1.165, 1.54) is 6.33 Å². The van der Waals surface area contributed by atoms with Gasteiger partial charge in [0.15, 0.2) is 0 Å². The number of rotatable bonds is 4. The Morgan fingerprint density at radius 1 is 1.37 bits per heavy atom. The minimum Gasteiger partial charge on any atom is -0.388 e. The summed E-state index contributed by atoms with van der Waals surface area (Å²) in [7, 11) is 0. The maximum atomic E-state index is 10.3. The van der Waals surface area contributed by atoms with Crippen LogP contribution in [-0.4, -0.2) is 19.9 Å². The Morgan fingerprint density at radius 3 is 2.74 bits per heavy atom. The van der Waals surface area contributed by atoms with Gasteiger partial charge in [-0.25, -0.2) is 9.67 Å². The summed E-state index contributed by atoms with van der Waals surface area (Å²) in [6.07, 6.45) is 1.37. The lowest BCUT2D eigenvalue weighted by Gasteiger charge is -2.15. The summed E-state index contributed by atoms with van der Waals surface area (Å²) >= 11 is 5.92. The summed E-state index contributed by atoms with van der Waals surface area (Å²) in [5.41, 5.74) is 1.86. The van der Waals surface area contributed by atoms with Crippen LogP contribution in [0.3, 0.4) is 0 Å². The van der Waals surface area contributed by atoms with Gasteiger partial charge in [-0.3, -0.25) is 0 Å². The van der Waals surface area contributed by atoms with Crippen molar-refractivity contribution in [2.24, 2.45) is 0 Å². The van der Waals surface area contributed by atoms with Gasteiger partial charge in [-0.1, -0.05) is 17.7 Å². The molecule has 0 saturated carbocycles. The maximum absolute atomic E-state index is 10.3. The second kappa shape index (κ2) is 5.72. The van der Waals surface area contributed by atoms with E-state index in [1.54, 1.807) is 6.07 Å². The fraction of sp³-hybridized carbons (Fsp3) is 0.429. The van der Waals surface area contributed by atoms with Crippen LogP contribution in [0.5, 0.6) is 0 Å². The molecule has 0 amide bonds. The van der Waals surface area contributed by atoms with Gasteiger partial charge < -0.3 is 5.11 Å². The normalized spacial score (nSPS) is 12.9. The highest BCUT2D eigenvalue weighted by molar-refractivity contribution is 6.30. The number of hydrogen-bond acceptors (Lipinski definition) is 3. The molecule has 1 aromatic heterocycles. The number of aryl methyl sites for hydroxylation is 1. The molecule has 1 aromatic carbocycles. The van der Waals surface area contributed by atoms with Crippen molar-refractivity contribution in [1.82, 2.24) is 14.8 Å². The van der Waals surface area contributed by atoms with Crippen LogP contribution in [0.1, 0.15) is 42.9 Å². The Kier molecular flexibility index (Phi) is 4.22. The molecular weight excluding hydrogens is 262 g/mol. The minimum atomic E-state index is -0.598. The molecule has 0 bridgehead atoms. The highest BCUT2D eigenvalue weighted by Gasteiger charge is 2.16. The number of aliphatic hydroxyl groups is 1. The number of aliphatic hydroxyl groups excluding tert-OH is 1. The summed E-state index contributed by atoms with van der Waals surface area (Å²) < 4.78 is 1.83. The zero-order valence-corrected chi connectivity index (χ0v) is 12.1. The number of halogens is 1. The molecule has 2 aromatic rings. The first kappa shape index (κ1) is 14.0. The van der Waals surface area contributed by atoms with Crippen LogP contribution in [0.4, 0.5) is 0 Å².